The fourth-order valence-electron chi connectivity index (χ4n) is 2.08. The standard InChI is InChI=1S/C9H17N3O2/c1-11-2-3-12(6-9(11)14)7-4-10-5-8(7)13/h7-8,10,13H,2-6H2,1H3. The molecule has 2 rings (SSSR count). The summed E-state index contributed by atoms with van der Waals surface area (Å²) >= 11 is 0. The number of carbonyl (C=O) groups is 1. The SMILES string of the molecule is CN1CCN(C2CNCC2O)CC1=O. The zero-order valence-corrected chi connectivity index (χ0v) is 8.44. The molecular weight excluding hydrogens is 182 g/mol. The number of aliphatic hydroxyl groups is 1. The first-order valence-corrected chi connectivity index (χ1v) is 5.05. The van der Waals surface area contributed by atoms with E-state index in [1.165, 1.54) is 0 Å². The summed E-state index contributed by atoms with van der Waals surface area (Å²) in [6.07, 6.45) is -0.328. The number of hydrogen-bond acceptors (Lipinski definition) is 4. The fourth-order valence-corrected chi connectivity index (χ4v) is 2.08. The van der Waals surface area contributed by atoms with Gasteiger partial charge in [-0.1, -0.05) is 0 Å². The van der Waals surface area contributed by atoms with E-state index in [-0.39, 0.29) is 18.1 Å². The summed E-state index contributed by atoms with van der Waals surface area (Å²) in [5.74, 6) is 0.148. The van der Waals surface area contributed by atoms with Gasteiger partial charge in [0.15, 0.2) is 0 Å². The maximum atomic E-state index is 11.5. The molecule has 0 aromatic rings. The van der Waals surface area contributed by atoms with Crippen LogP contribution in [-0.2, 0) is 4.79 Å². The highest BCUT2D eigenvalue weighted by Crippen LogP contribution is 2.12. The van der Waals surface area contributed by atoms with Crippen molar-refractivity contribution in [2.75, 3.05) is 39.8 Å². The minimum absolute atomic E-state index is 0.118. The molecule has 2 fully saturated rings. The van der Waals surface area contributed by atoms with Crippen molar-refractivity contribution in [2.24, 2.45) is 0 Å². The first-order valence-electron chi connectivity index (χ1n) is 5.05. The molecule has 14 heavy (non-hydrogen) atoms. The van der Waals surface area contributed by atoms with Gasteiger partial charge in [-0.05, 0) is 0 Å². The van der Waals surface area contributed by atoms with Crippen molar-refractivity contribution in [3.05, 3.63) is 0 Å². The van der Waals surface area contributed by atoms with Gasteiger partial charge in [-0.3, -0.25) is 9.69 Å². The summed E-state index contributed by atoms with van der Waals surface area (Å²) in [5.41, 5.74) is 0. The van der Waals surface area contributed by atoms with E-state index in [2.05, 4.69) is 10.2 Å². The second-order valence-electron chi connectivity index (χ2n) is 4.08. The lowest BCUT2D eigenvalue weighted by molar-refractivity contribution is -0.136. The molecule has 2 saturated heterocycles. The van der Waals surface area contributed by atoms with Gasteiger partial charge in [-0.25, -0.2) is 0 Å². The molecule has 0 bridgehead atoms. The molecule has 0 saturated carbocycles. The van der Waals surface area contributed by atoms with Crippen LogP contribution >= 0.6 is 0 Å². The number of likely N-dealkylation sites (N-methyl/N-ethyl adjacent to an activating group) is 1. The molecule has 2 heterocycles. The molecule has 80 valence electrons. The lowest BCUT2D eigenvalue weighted by Crippen LogP contribution is -2.55. The van der Waals surface area contributed by atoms with Crippen molar-refractivity contribution >= 4 is 5.91 Å². The van der Waals surface area contributed by atoms with Crippen LogP contribution in [0.15, 0.2) is 0 Å². The highest BCUT2D eigenvalue weighted by Gasteiger charge is 2.34. The smallest absolute Gasteiger partial charge is 0.236 e. The maximum absolute atomic E-state index is 11.5. The second kappa shape index (κ2) is 3.84. The van der Waals surface area contributed by atoms with E-state index in [0.29, 0.717) is 13.1 Å². The molecule has 0 aromatic carbocycles. The highest BCUT2D eigenvalue weighted by atomic mass is 16.3. The second-order valence-corrected chi connectivity index (χ2v) is 4.08. The van der Waals surface area contributed by atoms with Gasteiger partial charge in [0.2, 0.25) is 5.91 Å². The fraction of sp³-hybridized carbons (Fsp3) is 0.889. The lowest BCUT2D eigenvalue weighted by atomic mass is 10.1. The number of amides is 1. The maximum Gasteiger partial charge on any atom is 0.236 e. The van der Waals surface area contributed by atoms with Crippen LogP contribution in [0, 0.1) is 0 Å². The van der Waals surface area contributed by atoms with Crippen LogP contribution in [0.1, 0.15) is 0 Å². The molecule has 2 N–H and O–H groups in total. The monoisotopic (exact) mass is 199 g/mol. The number of carbonyl (C=O) groups excluding carboxylic acids is 1. The Labute approximate surface area is 83.7 Å². The van der Waals surface area contributed by atoms with Crippen LogP contribution in [0.2, 0.25) is 0 Å². The minimum Gasteiger partial charge on any atom is -0.390 e. The van der Waals surface area contributed by atoms with Crippen LogP contribution in [0.25, 0.3) is 0 Å². The van der Waals surface area contributed by atoms with Gasteiger partial charge in [-0.15, -0.1) is 0 Å². The van der Waals surface area contributed by atoms with Crippen molar-refractivity contribution < 1.29 is 9.90 Å². The Bertz CT molecular complexity index is 234. The molecule has 2 atom stereocenters. The van der Waals surface area contributed by atoms with Crippen molar-refractivity contribution in [1.29, 1.82) is 0 Å². The molecule has 0 aromatic heterocycles. The van der Waals surface area contributed by atoms with E-state index in [0.717, 1.165) is 19.6 Å². The molecule has 5 heteroatoms. The Morgan fingerprint density at radius 2 is 2.21 bits per heavy atom. The van der Waals surface area contributed by atoms with Gasteiger partial charge >= 0.3 is 0 Å². The number of nitrogens with zero attached hydrogens (tertiary/aromatic N) is 2. The largest absolute Gasteiger partial charge is 0.390 e. The number of piperazine rings is 1. The predicted octanol–water partition coefficient (Wildman–Crippen LogP) is -1.91. The summed E-state index contributed by atoms with van der Waals surface area (Å²) in [7, 11) is 1.82. The topological polar surface area (TPSA) is 55.8 Å². The molecule has 2 unspecified atom stereocenters. The van der Waals surface area contributed by atoms with Gasteiger partial charge < -0.3 is 15.3 Å². The normalized spacial score (nSPS) is 35.3. The van der Waals surface area contributed by atoms with Crippen molar-refractivity contribution in [3.63, 3.8) is 0 Å². The molecule has 0 aliphatic carbocycles. The van der Waals surface area contributed by atoms with Gasteiger partial charge in [0, 0.05) is 39.3 Å². The van der Waals surface area contributed by atoms with E-state index in [9.17, 15) is 9.90 Å². The zero-order chi connectivity index (χ0) is 10.1. The first kappa shape index (κ1) is 9.89. The van der Waals surface area contributed by atoms with Crippen LogP contribution < -0.4 is 5.32 Å². The third-order valence-electron chi connectivity index (χ3n) is 3.11. The molecule has 1 amide bonds. The Hall–Kier alpha value is -0.650. The lowest BCUT2D eigenvalue weighted by Gasteiger charge is -2.36. The van der Waals surface area contributed by atoms with Gasteiger partial charge in [0.05, 0.1) is 12.6 Å². The van der Waals surface area contributed by atoms with Crippen molar-refractivity contribution in [3.8, 4) is 0 Å². The average molecular weight is 199 g/mol. The minimum atomic E-state index is -0.328. The third kappa shape index (κ3) is 1.75. The number of rotatable bonds is 1. The third-order valence-corrected chi connectivity index (χ3v) is 3.11. The van der Waals surface area contributed by atoms with E-state index in [1.54, 1.807) is 4.90 Å². The average Bonchev–Trinajstić information content (AvgIpc) is 2.57. The van der Waals surface area contributed by atoms with E-state index in [1.807, 2.05) is 7.05 Å². The first-order chi connectivity index (χ1) is 6.68. The van der Waals surface area contributed by atoms with Crippen LogP contribution in [0.5, 0.6) is 0 Å². The van der Waals surface area contributed by atoms with E-state index in [4.69, 9.17) is 0 Å². The summed E-state index contributed by atoms with van der Waals surface area (Å²) < 4.78 is 0. The molecule has 0 spiro atoms. The molecule has 0 radical (unpaired) electrons. The molecule has 2 aliphatic heterocycles. The molecule has 2 aliphatic rings. The molecule has 5 nitrogen and oxygen atoms in total. The van der Waals surface area contributed by atoms with Gasteiger partial charge in [-0.2, -0.15) is 0 Å². The number of nitrogens with one attached hydrogen (secondary N) is 1. The van der Waals surface area contributed by atoms with Crippen molar-refractivity contribution in [1.82, 2.24) is 15.1 Å². The summed E-state index contributed by atoms with van der Waals surface area (Å²) in [6.45, 7) is 3.51. The van der Waals surface area contributed by atoms with Crippen LogP contribution in [0.3, 0.4) is 0 Å². The summed E-state index contributed by atoms with van der Waals surface area (Å²) in [6, 6.07) is 0.118. The summed E-state index contributed by atoms with van der Waals surface area (Å²) in [4.78, 5) is 15.3. The molecular formula is C9H17N3O2. The Kier molecular flexibility index (Phi) is 2.71. The van der Waals surface area contributed by atoms with Gasteiger partial charge in [0.25, 0.3) is 0 Å². The quantitative estimate of drug-likeness (QED) is 0.517. The number of hydrogen-bond donors (Lipinski definition) is 2. The Morgan fingerprint density at radius 3 is 2.79 bits per heavy atom. The number of β-amino-alcohol motifs (C(OH)–C–C–N with tert-alkyl or cyclic N) is 1. The van der Waals surface area contributed by atoms with E-state index < -0.39 is 0 Å². The highest BCUT2D eigenvalue weighted by molar-refractivity contribution is 5.78. The van der Waals surface area contributed by atoms with Crippen molar-refractivity contribution in [2.45, 2.75) is 12.1 Å². The predicted molar refractivity (Wildman–Crippen MR) is 51.9 cm³/mol. The van der Waals surface area contributed by atoms with Crippen LogP contribution in [-0.4, -0.2) is 72.7 Å². The van der Waals surface area contributed by atoms with Crippen LogP contribution in [0.4, 0.5) is 0 Å². The zero-order valence-electron chi connectivity index (χ0n) is 8.44. The number of aliphatic hydroxyl groups excluding tert-OH is 1. The van der Waals surface area contributed by atoms with E-state index >= 15 is 0 Å². The Morgan fingerprint density at radius 1 is 1.43 bits per heavy atom. The Balaban J connectivity index is 1.95. The van der Waals surface area contributed by atoms with Gasteiger partial charge in [0.1, 0.15) is 0 Å². The summed E-state index contributed by atoms with van der Waals surface area (Å²) in [5, 5.41) is 12.8.